The summed E-state index contributed by atoms with van der Waals surface area (Å²) in [5.74, 6) is 0. The Balaban J connectivity index is 2.02. The maximum atomic E-state index is 10.9. The van der Waals surface area contributed by atoms with Crippen LogP contribution in [0.15, 0.2) is 54.7 Å². The Labute approximate surface area is 122 Å². The van der Waals surface area contributed by atoms with Gasteiger partial charge in [-0.25, -0.2) is 0 Å². The van der Waals surface area contributed by atoms with Crippen LogP contribution >= 0.6 is 0 Å². The molecule has 0 fully saturated rings. The van der Waals surface area contributed by atoms with Crippen LogP contribution in [0.5, 0.6) is 0 Å². The topological polar surface area (TPSA) is 57.8 Å². The minimum absolute atomic E-state index is 0.567. The van der Waals surface area contributed by atoms with E-state index in [4.69, 9.17) is 0 Å². The molecule has 103 valence electrons. The monoisotopic (exact) mass is 276 g/mol. The molecule has 0 spiro atoms. The molecule has 0 unspecified atom stereocenters. The lowest BCUT2D eigenvalue weighted by molar-refractivity contribution is 0.562. The Morgan fingerprint density at radius 1 is 1.05 bits per heavy atom. The number of hydrogen-bond acceptors (Lipinski definition) is 3. The highest BCUT2D eigenvalue weighted by Gasteiger charge is 2.09. The fraction of sp³-hybridized carbons (Fsp3) is 0.0588. The molecule has 0 bridgehead atoms. The summed E-state index contributed by atoms with van der Waals surface area (Å²) in [4.78, 5) is 10.9. The summed E-state index contributed by atoms with van der Waals surface area (Å²) < 4.78 is 0. The van der Waals surface area contributed by atoms with Gasteiger partial charge >= 0.3 is 0 Å². The van der Waals surface area contributed by atoms with Gasteiger partial charge in [0.25, 0.3) is 0 Å². The van der Waals surface area contributed by atoms with Crippen LogP contribution in [0.1, 0.15) is 11.1 Å². The third-order valence-electron chi connectivity index (χ3n) is 3.42. The Morgan fingerprint density at radius 2 is 1.86 bits per heavy atom. The number of nitrogens with zero attached hydrogens (tertiary/aromatic N) is 1. The first-order chi connectivity index (χ1) is 10.3. The number of anilines is 2. The fourth-order valence-electron chi connectivity index (χ4n) is 2.25. The van der Waals surface area contributed by atoms with E-state index >= 15 is 0 Å². The largest absolute Gasteiger partial charge is 0.355 e. The minimum Gasteiger partial charge on any atom is -0.355 e. The fourth-order valence-corrected chi connectivity index (χ4v) is 2.25. The molecule has 4 heteroatoms. The van der Waals surface area contributed by atoms with Crippen molar-refractivity contribution in [2.24, 2.45) is 0 Å². The normalized spacial score (nSPS) is 10.3. The van der Waals surface area contributed by atoms with E-state index in [2.05, 4.69) is 15.5 Å². The summed E-state index contributed by atoms with van der Waals surface area (Å²) in [7, 11) is 0. The Morgan fingerprint density at radius 3 is 2.62 bits per heavy atom. The first kappa shape index (κ1) is 13.1. The number of aromatic nitrogens is 2. The average molecular weight is 276 g/mol. The zero-order valence-corrected chi connectivity index (χ0v) is 11.6. The molecule has 0 aliphatic rings. The Kier molecular flexibility index (Phi) is 3.51. The summed E-state index contributed by atoms with van der Waals surface area (Å²) in [6, 6.07) is 15.4. The molecule has 0 saturated carbocycles. The van der Waals surface area contributed by atoms with Crippen molar-refractivity contribution in [2.45, 2.75) is 6.92 Å². The van der Waals surface area contributed by atoms with Gasteiger partial charge in [0.1, 0.15) is 0 Å². The molecule has 0 amide bonds. The van der Waals surface area contributed by atoms with Crippen LogP contribution < -0.4 is 5.32 Å². The van der Waals surface area contributed by atoms with Gasteiger partial charge in [0, 0.05) is 28.7 Å². The number of hydrogen-bond donors (Lipinski definition) is 2. The van der Waals surface area contributed by atoms with Crippen LogP contribution in [-0.2, 0) is 4.79 Å². The van der Waals surface area contributed by atoms with Crippen molar-refractivity contribution < 1.29 is 4.79 Å². The van der Waals surface area contributed by atoms with E-state index < -0.39 is 0 Å². The van der Waals surface area contributed by atoms with Crippen molar-refractivity contribution in [3.63, 3.8) is 0 Å². The van der Waals surface area contributed by atoms with Crippen LogP contribution in [0.3, 0.4) is 0 Å². The lowest BCUT2D eigenvalue weighted by Gasteiger charge is -2.13. The number of carbonyl (C=O) groups excluding carboxylic acids is 1. The van der Waals surface area contributed by atoms with E-state index in [9.17, 15) is 4.79 Å². The molecule has 21 heavy (non-hydrogen) atoms. The summed E-state index contributed by atoms with van der Waals surface area (Å²) in [5, 5.41) is 10.4. The second-order valence-corrected chi connectivity index (χ2v) is 4.71. The van der Waals surface area contributed by atoms with E-state index in [1.807, 2.05) is 55.7 Å². The standard InChI is InChI=1S/C17H14N3O/c1-12-13(11-21)5-4-8-15(12)19-16-7-3-2-6-14(16)17-9-10-18-20-17/h2-10,19H,1H3,(H,18,20). The van der Waals surface area contributed by atoms with Crippen LogP contribution in [0.25, 0.3) is 11.3 Å². The second-order valence-electron chi connectivity index (χ2n) is 4.71. The summed E-state index contributed by atoms with van der Waals surface area (Å²) in [5.41, 5.74) is 5.14. The molecule has 4 nitrogen and oxygen atoms in total. The zero-order valence-electron chi connectivity index (χ0n) is 11.6. The molecule has 2 aromatic carbocycles. The molecule has 0 saturated heterocycles. The number of nitrogens with one attached hydrogen (secondary N) is 2. The molecule has 0 aliphatic carbocycles. The third kappa shape index (κ3) is 2.56. The smallest absolute Gasteiger partial charge is 0.233 e. The van der Waals surface area contributed by atoms with Crippen molar-refractivity contribution in [3.05, 3.63) is 65.9 Å². The highest BCUT2D eigenvalue weighted by Crippen LogP contribution is 2.30. The van der Waals surface area contributed by atoms with E-state index in [0.717, 1.165) is 28.2 Å². The molecule has 0 aliphatic heterocycles. The molecule has 2 N–H and O–H groups in total. The van der Waals surface area contributed by atoms with Gasteiger partial charge in [0.2, 0.25) is 6.29 Å². The van der Waals surface area contributed by atoms with Gasteiger partial charge in [-0.05, 0) is 30.7 Å². The van der Waals surface area contributed by atoms with Crippen LogP contribution in [0, 0.1) is 6.92 Å². The first-order valence-corrected chi connectivity index (χ1v) is 6.63. The van der Waals surface area contributed by atoms with Gasteiger partial charge in [-0.1, -0.05) is 30.3 Å². The van der Waals surface area contributed by atoms with E-state index in [-0.39, 0.29) is 0 Å². The Hall–Kier alpha value is -2.88. The quantitative estimate of drug-likeness (QED) is 0.765. The molecule has 3 rings (SSSR count). The van der Waals surface area contributed by atoms with Crippen LogP contribution in [0.2, 0.25) is 0 Å². The molecule has 1 heterocycles. The van der Waals surface area contributed by atoms with Crippen molar-refractivity contribution in [1.82, 2.24) is 10.2 Å². The number of rotatable bonds is 4. The van der Waals surface area contributed by atoms with E-state index in [1.54, 1.807) is 12.3 Å². The molecule has 3 aromatic rings. The van der Waals surface area contributed by atoms with Gasteiger partial charge < -0.3 is 5.32 Å². The van der Waals surface area contributed by atoms with Gasteiger partial charge in [0.15, 0.2) is 0 Å². The summed E-state index contributed by atoms with van der Waals surface area (Å²) >= 11 is 0. The van der Waals surface area contributed by atoms with Crippen molar-refractivity contribution in [2.75, 3.05) is 5.32 Å². The highest BCUT2D eigenvalue weighted by atomic mass is 16.1. The lowest BCUT2D eigenvalue weighted by atomic mass is 10.1. The number of benzene rings is 2. The first-order valence-electron chi connectivity index (χ1n) is 6.63. The van der Waals surface area contributed by atoms with Crippen molar-refractivity contribution in [3.8, 4) is 11.3 Å². The second kappa shape index (κ2) is 5.63. The zero-order chi connectivity index (χ0) is 14.7. The highest BCUT2D eigenvalue weighted by molar-refractivity contribution is 5.84. The van der Waals surface area contributed by atoms with E-state index in [1.165, 1.54) is 0 Å². The van der Waals surface area contributed by atoms with Gasteiger partial charge in [-0.15, -0.1) is 0 Å². The SMILES string of the molecule is Cc1c([C]=O)cccc1Nc1ccccc1-c1cc[nH]n1. The predicted octanol–water partition coefficient (Wildman–Crippen LogP) is 3.59. The number of H-pyrrole nitrogens is 1. The maximum absolute atomic E-state index is 10.9. The molecular formula is C17H14N3O. The molecule has 1 radical (unpaired) electrons. The molecule has 0 atom stereocenters. The molecule has 1 aromatic heterocycles. The van der Waals surface area contributed by atoms with Crippen molar-refractivity contribution >= 4 is 17.7 Å². The van der Waals surface area contributed by atoms with Gasteiger partial charge in [0.05, 0.1) is 5.69 Å². The number of aromatic amines is 1. The molecular weight excluding hydrogens is 262 g/mol. The minimum atomic E-state index is 0.567. The number of para-hydroxylation sites is 1. The van der Waals surface area contributed by atoms with Crippen LogP contribution in [-0.4, -0.2) is 16.5 Å². The van der Waals surface area contributed by atoms with Crippen molar-refractivity contribution in [1.29, 1.82) is 0 Å². The summed E-state index contributed by atoms with van der Waals surface area (Å²) in [6.45, 7) is 1.90. The summed E-state index contributed by atoms with van der Waals surface area (Å²) in [6.07, 6.45) is 3.75. The Bertz CT molecular complexity index is 763. The van der Waals surface area contributed by atoms with Crippen LogP contribution in [0.4, 0.5) is 11.4 Å². The maximum Gasteiger partial charge on any atom is 0.233 e. The van der Waals surface area contributed by atoms with Gasteiger partial charge in [-0.3, -0.25) is 9.89 Å². The predicted molar refractivity (Wildman–Crippen MR) is 83.3 cm³/mol. The average Bonchev–Trinajstić information content (AvgIpc) is 3.04. The van der Waals surface area contributed by atoms with Gasteiger partial charge in [-0.2, -0.15) is 5.10 Å². The third-order valence-corrected chi connectivity index (χ3v) is 3.42. The van der Waals surface area contributed by atoms with E-state index in [0.29, 0.717) is 5.56 Å². The lowest BCUT2D eigenvalue weighted by Crippen LogP contribution is -1.98.